The molecule has 1 rings (SSSR count). The van der Waals surface area contributed by atoms with Gasteiger partial charge in [0.15, 0.2) is 12.0 Å². The molecule has 7 heteroatoms. The second-order valence-electron chi connectivity index (χ2n) is 4.46. The van der Waals surface area contributed by atoms with Crippen molar-refractivity contribution in [3.63, 3.8) is 0 Å². The van der Waals surface area contributed by atoms with E-state index in [4.69, 9.17) is 5.26 Å². The van der Waals surface area contributed by atoms with E-state index in [1.165, 1.54) is 0 Å². The lowest BCUT2D eigenvalue weighted by Crippen LogP contribution is -2.20. The van der Waals surface area contributed by atoms with E-state index in [-0.39, 0.29) is 12.1 Å². The number of nitrogens with one attached hydrogen (secondary N) is 3. The molecule has 0 aromatic carbocycles. The Labute approximate surface area is 107 Å². The van der Waals surface area contributed by atoms with Crippen molar-refractivity contribution in [3.8, 4) is 6.19 Å². The van der Waals surface area contributed by atoms with Crippen LogP contribution >= 0.6 is 0 Å². The highest BCUT2D eigenvalue weighted by Crippen LogP contribution is 2.08. The van der Waals surface area contributed by atoms with Crippen molar-refractivity contribution >= 4 is 11.9 Å². The Balaban J connectivity index is 2.92. The van der Waals surface area contributed by atoms with Crippen molar-refractivity contribution in [1.82, 2.24) is 20.3 Å². The molecule has 98 valence electrons. The number of nitriles is 1. The molecule has 0 aliphatic rings. The van der Waals surface area contributed by atoms with Crippen LogP contribution < -0.4 is 16.0 Å². The molecule has 0 amide bonds. The molecule has 0 bridgehead atoms. The molecule has 0 fully saturated rings. The Morgan fingerprint density at radius 2 is 1.50 bits per heavy atom. The number of anilines is 2. The second kappa shape index (κ2) is 6.59. The summed E-state index contributed by atoms with van der Waals surface area (Å²) >= 11 is 0. The van der Waals surface area contributed by atoms with Crippen LogP contribution in [0.3, 0.4) is 0 Å². The van der Waals surface area contributed by atoms with E-state index >= 15 is 0 Å². The fourth-order valence-corrected chi connectivity index (χ4v) is 1.26. The Morgan fingerprint density at radius 3 is 1.89 bits per heavy atom. The summed E-state index contributed by atoms with van der Waals surface area (Å²) in [5, 5.41) is 17.3. The first-order valence-corrected chi connectivity index (χ1v) is 5.91. The molecule has 0 atom stereocenters. The smallest absolute Gasteiger partial charge is 0.228 e. The fourth-order valence-electron chi connectivity index (χ4n) is 1.26. The highest BCUT2D eigenvalue weighted by atomic mass is 15.2. The summed E-state index contributed by atoms with van der Waals surface area (Å²) in [4.78, 5) is 12.7. The van der Waals surface area contributed by atoms with Crippen LogP contribution in [0.25, 0.3) is 0 Å². The lowest BCUT2D eigenvalue weighted by Gasteiger charge is -2.13. The summed E-state index contributed by atoms with van der Waals surface area (Å²) in [5.41, 5.74) is 0. The van der Waals surface area contributed by atoms with Crippen LogP contribution in [-0.2, 0) is 6.54 Å². The molecule has 1 aromatic rings. The van der Waals surface area contributed by atoms with Crippen LogP contribution in [0.2, 0.25) is 0 Å². The molecule has 1 aromatic heterocycles. The van der Waals surface area contributed by atoms with Crippen molar-refractivity contribution in [3.05, 3.63) is 5.82 Å². The van der Waals surface area contributed by atoms with Gasteiger partial charge in [-0.15, -0.1) is 0 Å². The maximum absolute atomic E-state index is 8.49. The summed E-state index contributed by atoms with van der Waals surface area (Å²) in [6.07, 6.45) is 1.85. The van der Waals surface area contributed by atoms with Gasteiger partial charge in [-0.1, -0.05) is 0 Å². The van der Waals surface area contributed by atoms with Gasteiger partial charge in [0, 0.05) is 12.1 Å². The molecule has 0 aliphatic carbocycles. The van der Waals surface area contributed by atoms with E-state index in [0.29, 0.717) is 24.3 Å². The van der Waals surface area contributed by atoms with Gasteiger partial charge in [0.2, 0.25) is 11.9 Å². The second-order valence-corrected chi connectivity index (χ2v) is 4.46. The molecule has 3 N–H and O–H groups in total. The quantitative estimate of drug-likeness (QED) is 0.512. The largest absolute Gasteiger partial charge is 0.352 e. The normalized spacial score (nSPS) is 10.3. The first-order chi connectivity index (χ1) is 8.51. The zero-order chi connectivity index (χ0) is 13.5. The van der Waals surface area contributed by atoms with Gasteiger partial charge in [-0.2, -0.15) is 20.2 Å². The van der Waals surface area contributed by atoms with E-state index in [0.717, 1.165) is 0 Å². The summed E-state index contributed by atoms with van der Waals surface area (Å²) in [6, 6.07) is 0.465. The van der Waals surface area contributed by atoms with Crippen LogP contribution in [0, 0.1) is 11.5 Å². The third-order valence-electron chi connectivity index (χ3n) is 1.84. The Hall–Kier alpha value is -2.10. The third-order valence-corrected chi connectivity index (χ3v) is 1.84. The number of nitrogens with zero attached hydrogens (tertiary/aromatic N) is 4. The Bertz CT molecular complexity index is 394. The molecule has 18 heavy (non-hydrogen) atoms. The minimum Gasteiger partial charge on any atom is -0.352 e. The topological polar surface area (TPSA) is 98.5 Å². The van der Waals surface area contributed by atoms with E-state index < -0.39 is 0 Å². The summed E-state index contributed by atoms with van der Waals surface area (Å²) in [5.74, 6) is 1.55. The molecular formula is C11H19N7. The molecule has 7 nitrogen and oxygen atoms in total. The van der Waals surface area contributed by atoms with Gasteiger partial charge < -0.3 is 16.0 Å². The SMILES string of the molecule is CC(C)Nc1nc(CNC#N)nc(NC(C)C)n1. The van der Waals surface area contributed by atoms with Gasteiger partial charge >= 0.3 is 0 Å². The maximum atomic E-state index is 8.49. The first-order valence-electron chi connectivity index (χ1n) is 5.91. The number of rotatable bonds is 6. The lowest BCUT2D eigenvalue weighted by atomic mass is 10.4. The van der Waals surface area contributed by atoms with Gasteiger partial charge in [0.05, 0.1) is 6.54 Å². The Morgan fingerprint density at radius 1 is 1.00 bits per heavy atom. The van der Waals surface area contributed by atoms with Crippen LogP contribution in [0.15, 0.2) is 0 Å². The van der Waals surface area contributed by atoms with Gasteiger partial charge in [-0.3, -0.25) is 0 Å². The van der Waals surface area contributed by atoms with Gasteiger partial charge in [-0.05, 0) is 27.7 Å². The standard InChI is InChI=1S/C11H19N7/c1-7(2)14-10-16-9(5-13-6-12)17-11(18-10)15-8(3)4/h7-8,13H,5H2,1-4H3,(H2,14,15,16,17,18). The molecule has 0 saturated heterocycles. The zero-order valence-electron chi connectivity index (χ0n) is 11.2. The average molecular weight is 249 g/mol. The van der Waals surface area contributed by atoms with Crippen LogP contribution in [0.1, 0.15) is 33.5 Å². The highest BCUT2D eigenvalue weighted by Gasteiger charge is 2.08. The van der Waals surface area contributed by atoms with Crippen molar-refractivity contribution in [2.24, 2.45) is 0 Å². The van der Waals surface area contributed by atoms with Crippen molar-refractivity contribution < 1.29 is 0 Å². The van der Waals surface area contributed by atoms with E-state index in [1.807, 2.05) is 33.9 Å². The van der Waals surface area contributed by atoms with E-state index in [9.17, 15) is 0 Å². The highest BCUT2D eigenvalue weighted by molar-refractivity contribution is 5.35. The summed E-state index contributed by atoms with van der Waals surface area (Å²) in [6.45, 7) is 8.32. The predicted molar refractivity (Wildman–Crippen MR) is 69.8 cm³/mol. The number of hydrogen-bond acceptors (Lipinski definition) is 7. The number of hydrogen-bond donors (Lipinski definition) is 3. The maximum Gasteiger partial charge on any atom is 0.228 e. The molecule has 0 aliphatic heterocycles. The van der Waals surface area contributed by atoms with Gasteiger partial charge in [-0.25, -0.2) is 0 Å². The van der Waals surface area contributed by atoms with Crippen molar-refractivity contribution in [1.29, 1.82) is 5.26 Å². The predicted octanol–water partition coefficient (Wildman–Crippen LogP) is 1.08. The average Bonchev–Trinajstić information content (AvgIpc) is 2.24. The lowest BCUT2D eigenvalue weighted by molar-refractivity contribution is 0.772. The van der Waals surface area contributed by atoms with Gasteiger partial charge in [0.25, 0.3) is 0 Å². The third kappa shape index (κ3) is 4.82. The molecule has 0 saturated carbocycles. The minimum atomic E-state index is 0.232. The van der Waals surface area contributed by atoms with Crippen LogP contribution in [0.5, 0.6) is 0 Å². The molecular weight excluding hydrogens is 230 g/mol. The minimum absolute atomic E-state index is 0.232. The Kier molecular flexibility index (Phi) is 5.11. The molecule has 0 spiro atoms. The van der Waals surface area contributed by atoms with Crippen molar-refractivity contribution in [2.45, 2.75) is 46.3 Å². The molecule has 0 radical (unpaired) electrons. The van der Waals surface area contributed by atoms with Crippen molar-refractivity contribution in [2.75, 3.05) is 10.6 Å². The molecule has 0 unspecified atom stereocenters. The van der Waals surface area contributed by atoms with Gasteiger partial charge in [0.1, 0.15) is 0 Å². The fraction of sp³-hybridized carbons (Fsp3) is 0.636. The molecule has 1 heterocycles. The first kappa shape index (κ1) is 14.0. The summed E-state index contributed by atoms with van der Waals surface area (Å²) < 4.78 is 0. The monoisotopic (exact) mass is 249 g/mol. The zero-order valence-corrected chi connectivity index (χ0v) is 11.2. The summed E-state index contributed by atoms with van der Waals surface area (Å²) in [7, 11) is 0. The van der Waals surface area contributed by atoms with Crippen LogP contribution in [0.4, 0.5) is 11.9 Å². The van der Waals surface area contributed by atoms with E-state index in [2.05, 4.69) is 30.9 Å². The van der Waals surface area contributed by atoms with E-state index in [1.54, 1.807) is 0 Å². The van der Waals surface area contributed by atoms with Crippen LogP contribution in [-0.4, -0.2) is 27.0 Å². The number of aromatic nitrogens is 3.